The van der Waals surface area contributed by atoms with Crippen molar-refractivity contribution < 1.29 is 0 Å². The smallest absolute Gasteiger partial charge is 0.0541 e. The van der Waals surface area contributed by atoms with E-state index in [1.165, 1.54) is 99.5 Å². The highest BCUT2D eigenvalue weighted by Crippen LogP contribution is 2.49. The summed E-state index contributed by atoms with van der Waals surface area (Å²) in [6.07, 6.45) is 0. The summed E-state index contributed by atoms with van der Waals surface area (Å²) in [6, 6.07) is 67.1. The van der Waals surface area contributed by atoms with Crippen LogP contribution in [0.15, 0.2) is 182 Å². The van der Waals surface area contributed by atoms with Crippen LogP contribution in [-0.2, 0) is 5.41 Å². The normalized spacial score (nSPS) is 13.2. The maximum absolute atomic E-state index is 2.47. The van der Waals surface area contributed by atoms with E-state index in [9.17, 15) is 0 Å². The average molecular weight is 677 g/mol. The fraction of sp³-hybridized carbons (Fsp3) is 0.0588. The van der Waals surface area contributed by atoms with Crippen LogP contribution in [0, 0.1) is 0 Å². The Morgan fingerprint density at radius 1 is 0.321 bits per heavy atom. The van der Waals surface area contributed by atoms with E-state index >= 15 is 0 Å². The number of para-hydroxylation sites is 2. The summed E-state index contributed by atoms with van der Waals surface area (Å²) >= 11 is 0. The quantitative estimate of drug-likeness (QED) is 0.176. The number of fused-ring (bicyclic) bond motifs is 9. The molecule has 0 saturated heterocycles. The van der Waals surface area contributed by atoms with Crippen LogP contribution in [0.5, 0.6) is 0 Å². The van der Waals surface area contributed by atoms with Crippen molar-refractivity contribution in [3.05, 3.63) is 193 Å². The minimum atomic E-state index is -0.0728. The van der Waals surface area contributed by atoms with Crippen LogP contribution in [0.2, 0.25) is 0 Å². The van der Waals surface area contributed by atoms with Crippen molar-refractivity contribution in [1.29, 1.82) is 0 Å². The first-order valence-electron chi connectivity index (χ1n) is 18.5. The van der Waals surface area contributed by atoms with E-state index in [1.807, 2.05) is 0 Å². The van der Waals surface area contributed by atoms with E-state index in [0.717, 1.165) is 0 Å². The third-order valence-electron chi connectivity index (χ3n) is 11.7. The van der Waals surface area contributed by atoms with Gasteiger partial charge in [0.2, 0.25) is 0 Å². The first kappa shape index (κ1) is 30.0. The SMILES string of the molecule is CC1(C)c2ccccc2-c2ccc(-n3c4ccc(-c5ccccc5)cc4c4cc(-c5ccc6c(c5)c5ccccc5n6-c5ccccc5)ccc43)cc21. The predicted molar refractivity (Wildman–Crippen MR) is 224 cm³/mol. The molecule has 0 unspecified atom stereocenters. The standard InChI is InChI=1S/C51H36N2/c1-51(2)45-19-11-9-17-39(45)40-25-24-38(32-46(40)51)53-49-26-21-34(33-13-5-3-6-14-33)29-43(49)44-31-36(23-28-50(44)53)35-22-27-48-42(30-35)41-18-10-12-20-47(41)52(48)37-15-7-4-8-16-37/h3-32H,1-2H3. The van der Waals surface area contributed by atoms with Crippen molar-refractivity contribution in [2.75, 3.05) is 0 Å². The van der Waals surface area contributed by atoms with Crippen LogP contribution >= 0.6 is 0 Å². The summed E-state index contributed by atoms with van der Waals surface area (Å²) in [6.45, 7) is 4.72. The Hall–Kier alpha value is -6.64. The molecule has 1 aliphatic rings. The average Bonchev–Trinajstić information content (AvgIpc) is 3.80. The predicted octanol–water partition coefficient (Wildman–Crippen LogP) is 13.5. The minimum Gasteiger partial charge on any atom is -0.309 e. The second-order valence-corrected chi connectivity index (χ2v) is 15.0. The topological polar surface area (TPSA) is 9.86 Å². The van der Waals surface area contributed by atoms with E-state index in [4.69, 9.17) is 0 Å². The number of hydrogen-bond acceptors (Lipinski definition) is 0. The van der Waals surface area contributed by atoms with Gasteiger partial charge in [0.05, 0.1) is 22.1 Å². The molecule has 2 heterocycles. The highest BCUT2D eigenvalue weighted by molar-refractivity contribution is 6.13. The lowest BCUT2D eigenvalue weighted by Crippen LogP contribution is -2.15. The monoisotopic (exact) mass is 676 g/mol. The van der Waals surface area contributed by atoms with Gasteiger partial charge in [0.1, 0.15) is 0 Å². The molecule has 10 aromatic rings. The second-order valence-electron chi connectivity index (χ2n) is 15.0. The minimum absolute atomic E-state index is 0.0728. The lowest BCUT2D eigenvalue weighted by Gasteiger charge is -2.22. The van der Waals surface area contributed by atoms with Gasteiger partial charge in [0.15, 0.2) is 0 Å². The number of benzene rings is 8. The van der Waals surface area contributed by atoms with Gasteiger partial charge in [-0.05, 0) is 111 Å². The van der Waals surface area contributed by atoms with E-state index < -0.39 is 0 Å². The molecule has 0 N–H and O–H groups in total. The van der Waals surface area contributed by atoms with Crippen molar-refractivity contribution in [1.82, 2.24) is 9.13 Å². The van der Waals surface area contributed by atoms with Gasteiger partial charge in [-0.1, -0.05) is 129 Å². The van der Waals surface area contributed by atoms with Gasteiger partial charge in [0.25, 0.3) is 0 Å². The lowest BCUT2D eigenvalue weighted by molar-refractivity contribution is 0.660. The van der Waals surface area contributed by atoms with Crippen LogP contribution in [0.4, 0.5) is 0 Å². The molecule has 2 aromatic heterocycles. The van der Waals surface area contributed by atoms with Crippen LogP contribution in [-0.4, -0.2) is 9.13 Å². The third-order valence-corrected chi connectivity index (χ3v) is 11.7. The Labute approximate surface area is 308 Å². The third kappa shape index (κ3) is 4.39. The molecule has 0 bridgehead atoms. The lowest BCUT2D eigenvalue weighted by atomic mass is 9.82. The fourth-order valence-electron chi connectivity index (χ4n) is 9.13. The number of aromatic nitrogens is 2. The van der Waals surface area contributed by atoms with Crippen molar-refractivity contribution in [2.24, 2.45) is 0 Å². The van der Waals surface area contributed by atoms with Gasteiger partial charge in [-0.2, -0.15) is 0 Å². The molecule has 0 radical (unpaired) electrons. The molecule has 53 heavy (non-hydrogen) atoms. The summed E-state index contributed by atoms with van der Waals surface area (Å²) in [4.78, 5) is 0. The van der Waals surface area contributed by atoms with Crippen LogP contribution < -0.4 is 0 Å². The molecule has 0 aliphatic heterocycles. The highest BCUT2D eigenvalue weighted by atomic mass is 15.0. The largest absolute Gasteiger partial charge is 0.309 e. The summed E-state index contributed by atoms with van der Waals surface area (Å²) in [5.41, 5.74) is 17.5. The Balaban J connectivity index is 1.13. The van der Waals surface area contributed by atoms with Crippen LogP contribution in [0.25, 0.3) is 88.4 Å². The molecule has 0 spiro atoms. The van der Waals surface area contributed by atoms with Gasteiger partial charge >= 0.3 is 0 Å². The van der Waals surface area contributed by atoms with E-state index in [1.54, 1.807) is 0 Å². The molecular formula is C51H36N2. The van der Waals surface area contributed by atoms with Gasteiger partial charge in [-0.3, -0.25) is 0 Å². The molecule has 250 valence electrons. The molecule has 0 fully saturated rings. The Morgan fingerprint density at radius 2 is 0.811 bits per heavy atom. The summed E-state index contributed by atoms with van der Waals surface area (Å²) in [5.74, 6) is 0. The summed E-state index contributed by atoms with van der Waals surface area (Å²) < 4.78 is 4.85. The highest BCUT2D eigenvalue weighted by Gasteiger charge is 2.35. The van der Waals surface area contributed by atoms with Crippen molar-refractivity contribution in [2.45, 2.75) is 19.3 Å². The zero-order chi connectivity index (χ0) is 35.3. The van der Waals surface area contributed by atoms with Crippen LogP contribution in [0.3, 0.4) is 0 Å². The zero-order valence-electron chi connectivity index (χ0n) is 29.7. The van der Waals surface area contributed by atoms with E-state index in [2.05, 4.69) is 205 Å². The van der Waals surface area contributed by atoms with E-state index in [0.29, 0.717) is 0 Å². The zero-order valence-corrected chi connectivity index (χ0v) is 29.7. The molecule has 0 atom stereocenters. The number of hydrogen-bond donors (Lipinski definition) is 0. The Kier molecular flexibility index (Phi) is 6.33. The second kappa shape index (κ2) is 11.2. The summed E-state index contributed by atoms with van der Waals surface area (Å²) in [7, 11) is 0. The first-order chi connectivity index (χ1) is 26.0. The van der Waals surface area contributed by atoms with Crippen molar-refractivity contribution in [3.63, 3.8) is 0 Å². The Bertz CT molecular complexity index is 3070. The maximum Gasteiger partial charge on any atom is 0.0541 e. The maximum atomic E-state index is 2.47. The first-order valence-corrected chi connectivity index (χ1v) is 18.5. The molecule has 0 amide bonds. The van der Waals surface area contributed by atoms with E-state index in [-0.39, 0.29) is 5.41 Å². The Morgan fingerprint density at radius 3 is 1.49 bits per heavy atom. The van der Waals surface area contributed by atoms with Crippen molar-refractivity contribution >= 4 is 43.6 Å². The van der Waals surface area contributed by atoms with Gasteiger partial charge < -0.3 is 9.13 Å². The number of rotatable bonds is 4. The van der Waals surface area contributed by atoms with Gasteiger partial charge in [-0.15, -0.1) is 0 Å². The summed E-state index contributed by atoms with van der Waals surface area (Å²) in [5, 5.41) is 5.04. The fourth-order valence-corrected chi connectivity index (χ4v) is 9.13. The molecule has 0 saturated carbocycles. The van der Waals surface area contributed by atoms with Crippen LogP contribution in [0.1, 0.15) is 25.0 Å². The molecule has 1 aliphatic carbocycles. The molecule has 8 aromatic carbocycles. The van der Waals surface area contributed by atoms with Gasteiger partial charge in [-0.25, -0.2) is 0 Å². The molecular weight excluding hydrogens is 641 g/mol. The molecule has 11 rings (SSSR count). The number of nitrogens with zero attached hydrogens (tertiary/aromatic N) is 2. The molecule has 2 heteroatoms. The molecule has 2 nitrogen and oxygen atoms in total. The van der Waals surface area contributed by atoms with Crippen molar-refractivity contribution in [3.8, 4) is 44.8 Å². The van der Waals surface area contributed by atoms with Gasteiger partial charge in [0, 0.05) is 38.3 Å².